The van der Waals surface area contributed by atoms with Crippen LogP contribution in [-0.2, 0) is 11.3 Å². The maximum absolute atomic E-state index is 12.1. The number of carbonyl (C=O) groups is 1. The Bertz CT molecular complexity index is 899. The van der Waals surface area contributed by atoms with Crippen LogP contribution in [0.25, 0.3) is 11.4 Å². The predicted octanol–water partition coefficient (Wildman–Crippen LogP) is 4.51. The Kier molecular flexibility index (Phi) is 6.29. The Balaban J connectivity index is 1.67. The number of carbonyl (C=O) groups excluding carboxylic acids is 1. The average molecular weight is 453 g/mol. The molecule has 3 rings (SSSR count). The lowest BCUT2D eigenvalue weighted by Gasteiger charge is -2.08. The van der Waals surface area contributed by atoms with Gasteiger partial charge in [0.2, 0.25) is 5.91 Å². The number of thioether (sulfide) groups is 1. The first kappa shape index (κ1) is 18.9. The van der Waals surface area contributed by atoms with E-state index in [0.717, 1.165) is 15.9 Å². The van der Waals surface area contributed by atoms with Crippen LogP contribution in [0.1, 0.15) is 6.92 Å². The lowest BCUT2D eigenvalue weighted by Crippen LogP contribution is -2.15. The molecule has 134 valence electrons. The molecule has 0 radical (unpaired) electrons. The summed E-state index contributed by atoms with van der Waals surface area (Å²) in [5, 5.41) is 12.5. The second-order valence-corrected chi connectivity index (χ2v) is 7.55. The van der Waals surface area contributed by atoms with Gasteiger partial charge in [0.25, 0.3) is 0 Å². The molecule has 1 amide bonds. The number of nitrogens with one attached hydrogen (secondary N) is 1. The van der Waals surface area contributed by atoms with Crippen LogP contribution in [0.5, 0.6) is 0 Å². The molecule has 0 fully saturated rings. The van der Waals surface area contributed by atoms with Crippen LogP contribution in [0.15, 0.2) is 52.2 Å². The number of anilines is 1. The quantitative estimate of drug-likeness (QED) is 0.557. The highest BCUT2D eigenvalue weighted by atomic mass is 79.9. The van der Waals surface area contributed by atoms with E-state index in [4.69, 9.17) is 11.6 Å². The summed E-state index contributed by atoms with van der Waals surface area (Å²) >= 11 is 10.5. The third kappa shape index (κ3) is 4.63. The highest BCUT2D eigenvalue weighted by Crippen LogP contribution is 2.25. The molecule has 0 saturated heterocycles. The zero-order valence-electron chi connectivity index (χ0n) is 13.8. The molecule has 2 aromatic heterocycles. The molecule has 9 heteroatoms. The minimum atomic E-state index is -0.166. The Morgan fingerprint density at radius 1 is 1.23 bits per heavy atom. The minimum Gasteiger partial charge on any atom is -0.310 e. The Morgan fingerprint density at radius 2 is 2.00 bits per heavy atom. The normalized spacial score (nSPS) is 10.7. The van der Waals surface area contributed by atoms with E-state index in [1.165, 1.54) is 18.0 Å². The number of halogens is 2. The molecule has 0 saturated carbocycles. The number of aromatic nitrogens is 4. The van der Waals surface area contributed by atoms with E-state index < -0.39 is 0 Å². The number of rotatable bonds is 6. The van der Waals surface area contributed by atoms with Crippen molar-refractivity contribution >= 4 is 51.0 Å². The molecule has 0 atom stereocenters. The zero-order chi connectivity index (χ0) is 18.5. The molecule has 0 spiro atoms. The van der Waals surface area contributed by atoms with Crippen LogP contribution in [0.2, 0.25) is 5.02 Å². The van der Waals surface area contributed by atoms with Crippen LogP contribution in [0.4, 0.5) is 5.82 Å². The second kappa shape index (κ2) is 8.66. The molecule has 1 N–H and O–H groups in total. The second-order valence-electron chi connectivity index (χ2n) is 5.26. The largest absolute Gasteiger partial charge is 0.310 e. The minimum absolute atomic E-state index is 0.166. The van der Waals surface area contributed by atoms with Crippen molar-refractivity contribution in [3.63, 3.8) is 0 Å². The Morgan fingerprint density at radius 3 is 2.65 bits per heavy atom. The number of benzene rings is 1. The van der Waals surface area contributed by atoms with E-state index in [1.54, 1.807) is 12.1 Å². The highest BCUT2D eigenvalue weighted by molar-refractivity contribution is 9.10. The maximum atomic E-state index is 12.1. The zero-order valence-corrected chi connectivity index (χ0v) is 17.0. The van der Waals surface area contributed by atoms with Gasteiger partial charge >= 0.3 is 0 Å². The number of pyridine rings is 1. The molecule has 0 unspecified atom stereocenters. The van der Waals surface area contributed by atoms with Crippen molar-refractivity contribution in [3.8, 4) is 11.4 Å². The van der Waals surface area contributed by atoms with Crippen LogP contribution in [-0.4, -0.2) is 31.4 Å². The lowest BCUT2D eigenvalue weighted by atomic mass is 10.2. The number of nitrogens with zero attached hydrogens (tertiary/aromatic N) is 4. The first-order valence-electron chi connectivity index (χ1n) is 7.80. The van der Waals surface area contributed by atoms with Crippen molar-refractivity contribution in [2.24, 2.45) is 0 Å². The van der Waals surface area contributed by atoms with Crippen LogP contribution < -0.4 is 5.32 Å². The fraction of sp³-hybridized carbons (Fsp3) is 0.176. The molecule has 0 bridgehead atoms. The van der Waals surface area contributed by atoms with Gasteiger partial charge in [0, 0.05) is 22.8 Å². The molecule has 0 aliphatic heterocycles. The predicted molar refractivity (Wildman–Crippen MR) is 107 cm³/mol. The summed E-state index contributed by atoms with van der Waals surface area (Å²) in [5.41, 5.74) is 0.976. The fourth-order valence-electron chi connectivity index (χ4n) is 2.25. The van der Waals surface area contributed by atoms with Crippen LogP contribution in [0, 0.1) is 0 Å². The van der Waals surface area contributed by atoms with Crippen molar-refractivity contribution in [1.29, 1.82) is 0 Å². The lowest BCUT2D eigenvalue weighted by molar-refractivity contribution is -0.113. The third-order valence-electron chi connectivity index (χ3n) is 3.46. The van der Waals surface area contributed by atoms with Crippen LogP contribution >= 0.6 is 39.3 Å². The van der Waals surface area contributed by atoms with Gasteiger partial charge in [-0.25, -0.2) is 4.98 Å². The molecular weight excluding hydrogens is 438 g/mol. The van der Waals surface area contributed by atoms with Crippen molar-refractivity contribution in [2.45, 2.75) is 18.6 Å². The van der Waals surface area contributed by atoms with Gasteiger partial charge in [-0.1, -0.05) is 51.4 Å². The van der Waals surface area contributed by atoms with Gasteiger partial charge in [0.05, 0.1) is 10.8 Å². The molecule has 0 aliphatic carbocycles. The summed E-state index contributed by atoms with van der Waals surface area (Å²) in [6.45, 7) is 2.73. The van der Waals surface area contributed by atoms with Gasteiger partial charge in [-0.05, 0) is 31.2 Å². The molecule has 2 heterocycles. The summed E-state index contributed by atoms with van der Waals surface area (Å²) < 4.78 is 2.99. The first-order valence-corrected chi connectivity index (χ1v) is 9.96. The molecule has 3 aromatic rings. The van der Waals surface area contributed by atoms with Gasteiger partial charge < -0.3 is 9.88 Å². The summed E-state index contributed by atoms with van der Waals surface area (Å²) in [6, 6.07) is 11.2. The van der Waals surface area contributed by atoms with Crippen molar-refractivity contribution < 1.29 is 4.79 Å². The molecule has 26 heavy (non-hydrogen) atoms. The van der Waals surface area contributed by atoms with Crippen molar-refractivity contribution in [2.75, 3.05) is 11.1 Å². The molecule has 0 aliphatic rings. The SMILES string of the molecule is CCn1c(SCC(=O)Nc2ccc(Cl)cn2)nnc1-c1ccc(Br)cc1. The van der Waals surface area contributed by atoms with Crippen molar-refractivity contribution in [3.05, 3.63) is 52.1 Å². The number of amides is 1. The van der Waals surface area contributed by atoms with E-state index in [1.807, 2.05) is 35.8 Å². The summed E-state index contributed by atoms with van der Waals surface area (Å²) in [6.07, 6.45) is 1.49. The summed E-state index contributed by atoms with van der Waals surface area (Å²) in [5.74, 6) is 1.29. The average Bonchev–Trinajstić information content (AvgIpc) is 3.05. The Labute approximate surface area is 168 Å². The van der Waals surface area contributed by atoms with E-state index in [2.05, 4.69) is 36.4 Å². The number of hydrogen-bond acceptors (Lipinski definition) is 5. The molecule has 6 nitrogen and oxygen atoms in total. The number of hydrogen-bond donors (Lipinski definition) is 1. The van der Waals surface area contributed by atoms with Crippen molar-refractivity contribution in [1.82, 2.24) is 19.7 Å². The summed E-state index contributed by atoms with van der Waals surface area (Å²) in [4.78, 5) is 16.2. The van der Waals surface area contributed by atoms with E-state index in [0.29, 0.717) is 22.5 Å². The monoisotopic (exact) mass is 451 g/mol. The molecule has 1 aromatic carbocycles. The smallest absolute Gasteiger partial charge is 0.236 e. The highest BCUT2D eigenvalue weighted by Gasteiger charge is 2.14. The van der Waals surface area contributed by atoms with E-state index >= 15 is 0 Å². The first-order chi connectivity index (χ1) is 12.6. The Hall–Kier alpha value is -1.90. The van der Waals surface area contributed by atoms with Gasteiger partial charge in [-0.15, -0.1) is 10.2 Å². The van der Waals surface area contributed by atoms with E-state index in [9.17, 15) is 4.79 Å². The maximum Gasteiger partial charge on any atom is 0.236 e. The van der Waals surface area contributed by atoms with Gasteiger partial charge in [0.1, 0.15) is 5.82 Å². The third-order valence-corrected chi connectivity index (χ3v) is 5.18. The van der Waals surface area contributed by atoms with E-state index in [-0.39, 0.29) is 11.7 Å². The van der Waals surface area contributed by atoms with Gasteiger partial charge in [0.15, 0.2) is 11.0 Å². The van der Waals surface area contributed by atoms with Gasteiger partial charge in [-0.2, -0.15) is 0 Å². The standard InChI is InChI=1S/C17H15BrClN5OS/c1-2-24-16(11-3-5-12(18)6-4-11)22-23-17(24)26-10-15(25)21-14-8-7-13(19)9-20-14/h3-9H,2,10H2,1H3,(H,20,21,25). The topological polar surface area (TPSA) is 72.7 Å². The molecular formula is C17H15BrClN5OS. The fourth-order valence-corrected chi connectivity index (χ4v) is 3.43. The summed E-state index contributed by atoms with van der Waals surface area (Å²) in [7, 11) is 0. The van der Waals surface area contributed by atoms with Crippen LogP contribution in [0.3, 0.4) is 0 Å². The van der Waals surface area contributed by atoms with Gasteiger partial charge in [-0.3, -0.25) is 4.79 Å².